The smallest absolute Gasteiger partial charge is 0.408 e. The molecular formula is C25H34N2O6S. The van der Waals surface area contributed by atoms with Gasteiger partial charge in [-0.1, -0.05) is 43.9 Å². The summed E-state index contributed by atoms with van der Waals surface area (Å²) in [6, 6.07) is 11.1. The summed E-state index contributed by atoms with van der Waals surface area (Å²) in [5, 5.41) is 5.87. The summed E-state index contributed by atoms with van der Waals surface area (Å²) in [6.45, 7) is 5.64. The molecule has 0 aliphatic heterocycles. The van der Waals surface area contributed by atoms with Crippen molar-refractivity contribution >= 4 is 21.8 Å². The first-order valence-electron chi connectivity index (χ1n) is 11.6. The minimum Gasteiger partial charge on any atom is -0.455 e. The Bertz CT molecular complexity index is 1080. The van der Waals surface area contributed by atoms with Crippen LogP contribution in [0.4, 0.5) is 4.79 Å². The van der Waals surface area contributed by atoms with E-state index in [9.17, 15) is 18.0 Å². The first-order chi connectivity index (χ1) is 16.0. The monoisotopic (exact) mass is 490 g/mol. The molecule has 3 rings (SSSR count). The van der Waals surface area contributed by atoms with Crippen molar-refractivity contribution in [2.75, 3.05) is 6.54 Å². The maximum Gasteiger partial charge on any atom is 0.408 e. The summed E-state index contributed by atoms with van der Waals surface area (Å²) >= 11 is 0. The quantitative estimate of drug-likeness (QED) is 0.548. The van der Waals surface area contributed by atoms with E-state index in [0.29, 0.717) is 0 Å². The first-order valence-corrected chi connectivity index (χ1v) is 13.3. The Kier molecular flexibility index (Phi) is 8.07. The Morgan fingerprint density at radius 3 is 2.26 bits per heavy atom. The van der Waals surface area contributed by atoms with E-state index >= 15 is 0 Å². The molecule has 0 unspecified atom stereocenters. The number of sulfone groups is 1. The average molecular weight is 491 g/mol. The van der Waals surface area contributed by atoms with Gasteiger partial charge in [0.25, 0.3) is 5.91 Å². The third kappa shape index (κ3) is 7.35. The van der Waals surface area contributed by atoms with Gasteiger partial charge in [0.05, 0.1) is 10.4 Å². The Morgan fingerprint density at radius 1 is 1.00 bits per heavy atom. The lowest BCUT2D eigenvalue weighted by Gasteiger charge is -2.35. The zero-order valence-corrected chi connectivity index (χ0v) is 20.9. The number of amides is 2. The number of ether oxygens (including phenoxy) is 1. The highest BCUT2D eigenvalue weighted by atomic mass is 32.2. The van der Waals surface area contributed by atoms with Crippen LogP contribution >= 0.6 is 0 Å². The molecule has 2 aromatic rings. The molecule has 0 bridgehead atoms. The van der Waals surface area contributed by atoms with E-state index in [4.69, 9.17) is 9.15 Å². The second-order valence-corrected chi connectivity index (χ2v) is 11.8. The van der Waals surface area contributed by atoms with Crippen LogP contribution in [0, 0.1) is 0 Å². The highest BCUT2D eigenvalue weighted by molar-refractivity contribution is 7.90. The first kappa shape index (κ1) is 25.8. The van der Waals surface area contributed by atoms with Crippen LogP contribution in [0.5, 0.6) is 0 Å². The van der Waals surface area contributed by atoms with Crippen molar-refractivity contribution in [2.24, 2.45) is 0 Å². The number of nitrogens with one attached hydrogen (secondary N) is 2. The van der Waals surface area contributed by atoms with Crippen LogP contribution < -0.4 is 10.6 Å². The van der Waals surface area contributed by atoms with Crippen LogP contribution in [-0.2, 0) is 20.3 Å². The number of benzene rings is 1. The van der Waals surface area contributed by atoms with Gasteiger partial charge in [0.15, 0.2) is 15.6 Å². The van der Waals surface area contributed by atoms with Crippen LogP contribution in [0.15, 0.2) is 51.8 Å². The van der Waals surface area contributed by atoms with E-state index in [2.05, 4.69) is 10.6 Å². The highest BCUT2D eigenvalue weighted by Gasteiger charge is 2.35. The summed E-state index contributed by atoms with van der Waals surface area (Å²) in [5.41, 5.74) is -1.23. The molecule has 1 aromatic heterocycles. The second-order valence-electron chi connectivity index (χ2n) is 9.84. The van der Waals surface area contributed by atoms with E-state index in [-0.39, 0.29) is 28.7 Å². The summed E-state index contributed by atoms with van der Waals surface area (Å²) < 4.78 is 36.1. The second kappa shape index (κ2) is 10.6. The number of hydrogen-bond donors (Lipinski definition) is 2. The largest absolute Gasteiger partial charge is 0.455 e. The molecule has 2 N–H and O–H groups in total. The molecule has 186 valence electrons. The van der Waals surface area contributed by atoms with Gasteiger partial charge in [0, 0.05) is 6.54 Å². The minimum absolute atomic E-state index is 0.0271. The standard InChI is InChI=1S/C25H34N2O6S/c1-24(2,3)33-23(29)27-25(15-9-4-5-10-16-25)18-26-22(28)21-14-13-19(32-21)17-34(30,31)20-11-7-6-8-12-20/h6-8,11-14H,4-5,9-10,15-18H2,1-3H3,(H,26,28)(H,27,29). The normalized spacial score (nSPS) is 16.3. The number of hydrogen-bond acceptors (Lipinski definition) is 6. The molecule has 8 nitrogen and oxygen atoms in total. The minimum atomic E-state index is -3.58. The SMILES string of the molecule is CC(C)(C)OC(=O)NC1(CNC(=O)c2ccc(CS(=O)(=O)c3ccccc3)o2)CCCCCC1. The van der Waals surface area contributed by atoms with Crippen molar-refractivity contribution in [3.05, 3.63) is 54.0 Å². The lowest BCUT2D eigenvalue weighted by molar-refractivity contribution is 0.0437. The van der Waals surface area contributed by atoms with Crippen molar-refractivity contribution in [1.29, 1.82) is 0 Å². The van der Waals surface area contributed by atoms with Crippen molar-refractivity contribution in [3.8, 4) is 0 Å². The van der Waals surface area contributed by atoms with Gasteiger partial charge in [-0.15, -0.1) is 0 Å². The van der Waals surface area contributed by atoms with Crippen LogP contribution in [0.2, 0.25) is 0 Å². The van der Waals surface area contributed by atoms with Crippen LogP contribution in [0.3, 0.4) is 0 Å². The molecule has 1 fully saturated rings. The van der Waals surface area contributed by atoms with Gasteiger partial charge < -0.3 is 19.8 Å². The number of alkyl carbamates (subject to hydrolysis) is 1. The lowest BCUT2D eigenvalue weighted by atomic mass is 9.90. The highest BCUT2D eigenvalue weighted by Crippen LogP contribution is 2.27. The molecule has 0 spiro atoms. The van der Waals surface area contributed by atoms with Gasteiger partial charge in [0.1, 0.15) is 17.1 Å². The molecule has 1 saturated carbocycles. The Hall–Kier alpha value is -2.81. The summed E-state index contributed by atoms with van der Waals surface area (Å²) in [6.07, 6.45) is 4.97. The van der Waals surface area contributed by atoms with Crippen LogP contribution in [0.25, 0.3) is 0 Å². The van der Waals surface area contributed by atoms with E-state index in [1.165, 1.54) is 24.3 Å². The molecule has 0 atom stereocenters. The Labute approximate surface area is 201 Å². The molecule has 1 heterocycles. The molecule has 0 radical (unpaired) electrons. The predicted molar refractivity (Wildman–Crippen MR) is 128 cm³/mol. The number of furan rings is 1. The van der Waals surface area contributed by atoms with Gasteiger partial charge >= 0.3 is 6.09 Å². The fourth-order valence-corrected chi connectivity index (χ4v) is 5.35. The van der Waals surface area contributed by atoms with Crippen molar-refractivity contribution in [3.63, 3.8) is 0 Å². The third-order valence-electron chi connectivity index (χ3n) is 5.73. The molecule has 1 aromatic carbocycles. The van der Waals surface area contributed by atoms with E-state index in [0.717, 1.165) is 38.5 Å². The molecule has 2 amide bonds. The maximum atomic E-state index is 12.8. The molecular weight excluding hydrogens is 456 g/mol. The summed E-state index contributed by atoms with van der Waals surface area (Å²) in [7, 11) is -3.58. The lowest BCUT2D eigenvalue weighted by Crippen LogP contribution is -2.56. The van der Waals surface area contributed by atoms with E-state index in [1.807, 2.05) is 0 Å². The van der Waals surface area contributed by atoms with E-state index in [1.54, 1.807) is 39.0 Å². The van der Waals surface area contributed by atoms with Gasteiger partial charge in [-0.3, -0.25) is 4.79 Å². The Morgan fingerprint density at radius 2 is 1.65 bits per heavy atom. The molecule has 1 aliphatic carbocycles. The molecule has 9 heteroatoms. The van der Waals surface area contributed by atoms with Gasteiger partial charge in [-0.2, -0.15) is 0 Å². The van der Waals surface area contributed by atoms with E-state index < -0.39 is 33.0 Å². The predicted octanol–water partition coefficient (Wildman–Crippen LogP) is 4.60. The zero-order chi connectivity index (χ0) is 24.8. The molecule has 34 heavy (non-hydrogen) atoms. The zero-order valence-electron chi connectivity index (χ0n) is 20.1. The van der Waals surface area contributed by atoms with Crippen LogP contribution in [-0.4, -0.2) is 38.1 Å². The van der Waals surface area contributed by atoms with Crippen molar-refractivity contribution in [2.45, 2.75) is 81.1 Å². The summed E-state index contributed by atoms with van der Waals surface area (Å²) in [5.74, 6) is -0.587. The summed E-state index contributed by atoms with van der Waals surface area (Å²) in [4.78, 5) is 25.5. The number of rotatable bonds is 7. The Balaban J connectivity index is 1.65. The molecule has 1 aliphatic rings. The van der Waals surface area contributed by atoms with Crippen molar-refractivity contribution in [1.82, 2.24) is 10.6 Å². The topological polar surface area (TPSA) is 115 Å². The fourth-order valence-electron chi connectivity index (χ4n) is 4.08. The number of carbonyl (C=O) groups is 2. The van der Waals surface area contributed by atoms with Crippen LogP contribution in [0.1, 0.15) is 75.6 Å². The van der Waals surface area contributed by atoms with Gasteiger partial charge in [-0.25, -0.2) is 13.2 Å². The third-order valence-corrected chi connectivity index (χ3v) is 7.39. The average Bonchev–Trinajstić information content (AvgIpc) is 3.09. The molecule has 0 saturated heterocycles. The number of carbonyl (C=O) groups excluding carboxylic acids is 2. The van der Waals surface area contributed by atoms with Gasteiger partial charge in [-0.05, 0) is 57.9 Å². The fraction of sp³-hybridized carbons (Fsp3) is 0.520. The van der Waals surface area contributed by atoms with Gasteiger partial charge in [0.2, 0.25) is 0 Å². The van der Waals surface area contributed by atoms with Crippen molar-refractivity contribution < 1.29 is 27.2 Å². The maximum absolute atomic E-state index is 12.8.